The molecule has 31 heavy (non-hydrogen) atoms. The number of carbonyl (C=O) groups excluding carboxylic acids is 1. The molecular formula is C26H22FN3O. The van der Waals surface area contributed by atoms with E-state index < -0.39 is 0 Å². The Labute approximate surface area is 180 Å². The molecule has 154 valence electrons. The smallest absolute Gasteiger partial charge is 0.248 e. The van der Waals surface area contributed by atoms with Crippen LogP contribution in [0.25, 0.3) is 23.0 Å². The van der Waals surface area contributed by atoms with Crippen LogP contribution in [0.4, 0.5) is 10.1 Å². The second-order valence-electron chi connectivity index (χ2n) is 7.36. The molecule has 4 nitrogen and oxygen atoms in total. The van der Waals surface area contributed by atoms with Gasteiger partial charge in [-0.2, -0.15) is 5.10 Å². The van der Waals surface area contributed by atoms with Crippen molar-refractivity contribution in [3.63, 3.8) is 0 Å². The van der Waals surface area contributed by atoms with Crippen molar-refractivity contribution >= 4 is 17.7 Å². The van der Waals surface area contributed by atoms with Crippen LogP contribution >= 0.6 is 0 Å². The van der Waals surface area contributed by atoms with Gasteiger partial charge in [0.2, 0.25) is 5.91 Å². The van der Waals surface area contributed by atoms with Gasteiger partial charge in [0.05, 0.1) is 11.4 Å². The van der Waals surface area contributed by atoms with E-state index in [9.17, 15) is 9.18 Å². The third-order valence-corrected chi connectivity index (χ3v) is 4.93. The largest absolute Gasteiger partial charge is 0.322 e. The Morgan fingerprint density at radius 2 is 1.74 bits per heavy atom. The fraction of sp³-hybridized carbons (Fsp3) is 0.0769. The van der Waals surface area contributed by atoms with Gasteiger partial charge in [-0.15, -0.1) is 0 Å². The number of aryl methyl sites for hydroxylation is 2. The molecule has 0 saturated carbocycles. The monoisotopic (exact) mass is 411 g/mol. The molecule has 4 rings (SSSR count). The third kappa shape index (κ3) is 4.78. The van der Waals surface area contributed by atoms with Gasteiger partial charge >= 0.3 is 0 Å². The summed E-state index contributed by atoms with van der Waals surface area (Å²) in [6, 6.07) is 21.7. The van der Waals surface area contributed by atoms with E-state index in [1.165, 1.54) is 18.2 Å². The molecular weight excluding hydrogens is 389 g/mol. The number of hydrogen-bond acceptors (Lipinski definition) is 2. The van der Waals surface area contributed by atoms with Gasteiger partial charge in [-0.1, -0.05) is 35.9 Å². The molecule has 0 aliphatic carbocycles. The molecule has 3 aromatic carbocycles. The van der Waals surface area contributed by atoms with Crippen molar-refractivity contribution in [3.8, 4) is 16.9 Å². The van der Waals surface area contributed by atoms with Gasteiger partial charge in [0.1, 0.15) is 5.82 Å². The van der Waals surface area contributed by atoms with E-state index in [4.69, 9.17) is 0 Å². The zero-order chi connectivity index (χ0) is 21.8. The summed E-state index contributed by atoms with van der Waals surface area (Å²) in [6.45, 7) is 3.97. The number of para-hydroxylation sites is 1. The van der Waals surface area contributed by atoms with Crippen LogP contribution in [-0.2, 0) is 4.79 Å². The van der Waals surface area contributed by atoms with Crippen LogP contribution in [-0.4, -0.2) is 15.7 Å². The van der Waals surface area contributed by atoms with Gasteiger partial charge in [-0.25, -0.2) is 9.07 Å². The van der Waals surface area contributed by atoms with Crippen molar-refractivity contribution in [3.05, 3.63) is 108 Å². The minimum atomic E-state index is -0.309. The van der Waals surface area contributed by atoms with Gasteiger partial charge in [0.25, 0.3) is 0 Å². The van der Waals surface area contributed by atoms with E-state index in [1.807, 2.05) is 68.6 Å². The van der Waals surface area contributed by atoms with Crippen molar-refractivity contribution in [2.45, 2.75) is 13.8 Å². The molecule has 1 amide bonds. The van der Waals surface area contributed by atoms with Crippen LogP contribution in [0.3, 0.4) is 0 Å². The molecule has 0 aliphatic rings. The molecule has 0 unspecified atom stereocenters. The molecule has 5 heteroatoms. The molecule has 0 aliphatic heterocycles. The number of amides is 1. The number of halogens is 1. The van der Waals surface area contributed by atoms with Crippen molar-refractivity contribution in [2.75, 3.05) is 5.32 Å². The molecule has 1 heterocycles. The summed E-state index contributed by atoms with van der Waals surface area (Å²) in [7, 11) is 0. The van der Waals surface area contributed by atoms with Gasteiger partial charge < -0.3 is 5.32 Å². The molecule has 4 aromatic rings. The average molecular weight is 411 g/mol. The molecule has 0 bridgehead atoms. The Balaban J connectivity index is 1.65. The Hall–Kier alpha value is -3.99. The lowest BCUT2D eigenvalue weighted by molar-refractivity contribution is -0.111. The number of benzene rings is 3. The highest BCUT2D eigenvalue weighted by atomic mass is 19.1. The lowest BCUT2D eigenvalue weighted by atomic mass is 10.1. The number of aromatic nitrogens is 2. The average Bonchev–Trinajstić information content (AvgIpc) is 3.20. The highest BCUT2D eigenvalue weighted by Gasteiger charge is 2.11. The summed E-state index contributed by atoms with van der Waals surface area (Å²) < 4.78 is 15.1. The maximum absolute atomic E-state index is 13.4. The summed E-state index contributed by atoms with van der Waals surface area (Å²) in [5.41, 5.74) is 6.01. The molecule has 0 spiro atoms. The first-order valence-electron chi connectivity index (χ1n) is 9.97. The molecule has 0 radical (unpaired) electrons. The maximum atomic E-state index is 13.4. The lowest BCUT2D eigenvalue weighted by Crippen LogP contribution is -2.08. The highest BCUT2D eigenvalue weighted by molar-refractivity contribution is 6.02. The minimum Gasteiger partial charge on any atom is -0.322 e. The van der Waals surface area contributed by atoms with E-state index in [-0.39, 0.29) is 11.7 Å². The Bertz CT molecular complexity index is 1240. The maximum Gasteiger partial charge on any atom is 0.248 e. The SMILES string of the molecule is Cc1ccc(NC(=O)/C=C/c2cn(-c3ccccc3)nc2-c2ccc(F)cc2)c(C)c1. The number of nitrogens with zero attached hydrogens (tertiary/aromatic N) is 2. The molecule has 0 saturated heterocycles. The zero-order valence-electron chi connectivity index (χ0n) is 17.3. The molecule has 1 aromatic heterocycles. The third-order valence-electron chi connectivity index (χ3n) is 4.93. The topological polar surface area (TPSA) is 46.9 Å². The van der Waals surface area contributed by atoms with E-state index in [0.717, 1.165) is 33.6 Å². The Morgan fingerprint density at radius 1 is 1.00 bits per heavy atom. The highest BCUT2D eigenvalue weighted by Crippen LogP contribution is 2.25. The van der Waals surface area contributed by atoms with Gasteiger partial charge in [-0.3, -0.25) is 4.79 Å². The van der Waals surface area contributed by atoms with E-state index in [1.54, 1.807) is 22.9 Å². The normalized spacial score (nSPS) is 11.1. The number of anilines is 1. The van der Waals surface area contributed by atoms with Crippen LogP contribution in [0.5, 0.6) is 0 Å². The molecule has 0 fully saturated rings. The fourth-order valence-corrected chi connectivity index (χ4v) is 3.35. The van der Waals surface area contributed by atoms with Crippen molar-refractivity contribution in [1.29, 1.82) is 0 Å². The predicted octanol–water partition coefficient (Wildman–Crippen LogP) is 5.95. The first-order valence-corrected chi connectivity index (χ1v) is 9.97. The van der Waals surface area contributed by atoms with E-state index in [0.29, 0.717) is 5.69 Å². The van der Waals surface area contributed by atoms with Crippen molar-refractivity contribution < 1.29 is 9.18 Å². The zero-order valence-corrected chi connectivity index (χ0v) is 17.3. The van der Waals surface area contributed by atoms with Crippen LogP contribution in [0.1, 0.15) is 16.7 Å². The van der Waals surface area contributed by atoms with Gasteiger partial charge in [-0.05, 0) is 68.0 Å². The van der Waals surface area contributed by atoms with Crippen LogP contribution < -0.4 is 5.32 Å². The van der Waals surface area contributed by atoms with E-state index >= 15 is 0 Å². The number of nitrogens with one attached hydrogen (secondary N) is 1. The summed E-state index contributed by atoms with van der Waals surface area (Å²) in [4.78, 5) is 12.5. The second kappa shape index (κ2) is 8.79. The lowest BCUT2D eigenvalue weighted by Gasteiger charge is -2.07. The first-order chi connectivity index (χ1) is 15.0. The predicted molar refractivity (Wildman–Crippen MR) is 123 cm³/mol. The van der Waals surface area contributed by atoms with Gasteiger partial charge in [0.15, 0.2) is 0 Å². The number of rotatable bonds is 5. The first kappa shape index (κ1) is 20.3. The summed E-state index contributed by atoms with van der Waals surface area (Å²) in [5, 5.41) is 7.59. The summed E-state index contributed by atoms with van der Waals surface area (Å²) in [6.07, 6.45) is 5.07. The Morgan fingerprint density at radius 3 is 2.45 bits per heavy atom. The van der Waals surface area contributed by atoms with Crippen LogP contribution in [0, 0.1) is 19.7 Å². The molecule has 0 atom stereocenters. The number of hydrogen-bond donors (Lipinski definition) is 1. The van der Waals surface area contributed by atoms with Crippen molar-refractivity contribution in [2.24, 2.45) is 0 Å². The second-order valence-corrected chi connectivity index (χ2v) is 7.36. The Kier molecular flexibility index (Phi) is 5.76. The quantitative estimate of drug-likeness (QED) is 0.413. The standard InChI is InChI=1S/C26H22FN3O/c1-18-8-14-24(19(2)16-18)28-25(31)15-11-21-17-30(23-6-4-3-5-7-23)29-26(21)20-9-12-22(27)13-10-20/h3-17H,1-2H3,(H,28,31)/b15-11+. The summed E-state index contributed by atoms with van der Waals surface area (Å²) in [5.74, 6) is -0.541. The fourth-order valence-electron chi connectivity index (χ4n) is 3.35. The van der Waals surface area contributed by atoms with E-state index in [2.05, 4.69) is 10.4 Å². The number of carbonyl (C=O) groups is 1. The molecule has 1 N–H and O–H groups in total. The van der Waals surface area contributed by atoms with Gasteiger partial charge in [0, 0.05) is 29.1 Å². The van der Waals surface area contributed by atoms with Crippen LogP contribution in [0.15, 0.2) is 85.1 Å². The minimum absolute atomic E-state index is 0.232. The summed E-state index contributed by atoms with van der Waals surface area (Å²) >= 11 is 0. The van der Waals surface area contributed by atoms with Crippen LogP contribution in [0.2, 0.25) is 0 Å². The van der Waals surface area contributed by atoms with Crippen molar-refractivity contribution in [1.82, 2.24) is 9.78 Å².